The maximum Gasteiger partial charge on any atom is 0.124 e. The highest BCUT2D eigenvalue weighted by Crippen LogP contribution is 2.43. The number of nitrogens with one attached hydrogen (secondary N) is 1. The lowest BCUT2D eigenvalue weighted by Gasteiger charge is -2.18. The first-order chi connectivity index (χ1) is 12.6. The quantitative estimate of drug-likeness (QED) is 0.683. The van der Waals surface area contributed by atoms with Crippen LogP contribution < -0.4 is 4.72 Å². The van der Waals surface area contributed by atoms with Crippen LogP contribution in [0.1, 0.15) is 66.0 Å². The van der Waals surface area contributed by atoms with Gasteiger partial charge in [-0.15, -0.1) is 0 Å². The van der Waals surface area contributed by atoms with Crippen molar-refractivity contribution in [1.82, 2.24) is 0 Å². The number of nitriles is 1. The molecular formula is C22H23FN2S. The summed E-state index contributed by atoms with van der Waals surface area (Å²) in [6.45, 7) is 4.16. The molecule has 2 aromatic carbocycles. The van der Waals surface area contributed by atoms with E-state index in [1.165, 1.54) is 39.9 Å². The number of hydrogen-bond donors (Lipinski definition) is 1. The molecule has 134 valence electrons. The zero-order valence-corrected chi connectivity index (χ0v) is 16.1. The van der Waals surface area contributed by atoms with E-state index in [4.69, 9.17) is 0 Å². The molecule has 0 radical (unpaired) electrons. The average Bonchev–Trinajstić information content (AvgIpc) is 3.27. The molecule has 2 aliphatic carbocycles. The lowest BCUT2D eigenvalue weighted by Crippen LogP contribution is -2.04. The molecular weight excluding hydrogens is 343 g/mol. The van der Waals surface area contributed by atoms with Crippen molar-refractivity contribution in [3.8, 4) is 6.07 Å². The number of rotatable bonds is 4. The van der Waals surface area contributed by atoms with Crippen LogP contribution in [-0.2, 0) is 25.7 Å². The maximum atomic E-state index is 14.0. The van der Waals surface area contributed by atoms with Gasteiger partial charge in [0.05, 0.1) is 17.3 Å². The number of hydrogen-bond acceptors (Lipinski definition) is 3. The van der Waals surface area contributed by atoms with Gasteiger partial charge >= 0.3 is 0 Å². The summed E-state index contributed by atoms with van der Waals surface area (Å²) in [5.74, 6) is 0.115. The largest absolute Gasteiger partial charge is 0.325 e. The molecule has 0 bridgehead atoms. The van der Waals surface area contributed by atoms with Crippen molar-refractivity contribution < 1.29 is 4.39 Å². The molecule has 4 heteroatoms. The lowest BCUT2D eigenvalue weighted by molar-refractivity contribution is 0.619. The minimum Gasteiger partial charge on any atom is -0.325 e. The molecule has 0 aliphatic heterocycles. The molecule has 4 rings (SSSR count). The average molecular weight is 367 g/mol. The zero-order chi connectivity index (χ0) is 18.3. The molecule has 2 aliphatic rings. The SMILES string of the molecule is CC(C)c1cc(F)cc(SNc2c3c(c(C#N)c4c2CCC4)CCC3)c1. The number of halogens is 1. The van der Waals surface area contributed by atoms with E-state index in [9.17, 15) is 9.65 Å². The zero-order valence-electron chi connectivity index (χ0n) is 15.3. The van der Waals surface area contributed by atoms with Crippen molar-refractivity contribution in [2.45, 2.75) is 63.2 Å². The Kier molecular flexibility index (Phi) is 4.67. The Hall–Kier alpha value is -1.99. The number of anilines is 1. The van der Waals surface area contributed by atoms with Crippen LogP contribution in [0.5, 0.6) is 0 Å². The first kappa shape index (κ1) is 17.4. The van der Waals surface area contributed by atoms with E-state index < -0.39 is 0 Å². The molecule has 0 aromatic heterocycles. The molecule has 2 aromatic rings. The van der Waals surface area contributed by atoms with Gasteiger partial charge in [0.25, 0.3) is 0 Å². The third kappa shape index (κ3) is 2.99. The van der Waals surface area contributed by atoms with Crippen LogP contribution in [0.15, 0.2) is 23.1 Å². The fraction of sp³-hybridized carbons (Fsp3) is 0.409. The van der Waals surface area contributed by atoms with E-state index in [1.807, 2.05) is 0 Å². The van der Waals surface area contributed by atoms with Crippen LogP contribution in [0.3, 0.4) is 0 Å². The van der Waals surface area contributed by atoms with Gasteiger partial charge < -0.3 is 4.72 Å². The van der Waals surface area contributed by atoms with Gasteiger partial charge in [-0.3, -0.25) is 0 Å². The van der Waals surface area contributed by atoms with E-state index in [2.05, 4.69) is 30.7 Å². The number of nitrogens with zero attached hydrogens (tertiary/aromatic N) is 1. The highest BCUT2D eigenvalue weighted by atomic mass is 32.2. The lowest BCUT2D eigenvalue weighted by atomic mass is 9.93. The number of benzene rings is 2. The normalized spacial score (nSPS) is 15.0. The second-order valence-corrected chi connectivity index (χ2v) is 8.44. The Morgan fingerprint density at radius 1 is 1.00 bits per heavy atom. The van der Waals surface area contributed by atoms with Crippen LogP contribution in [0.25, 0.3) is 0 Å². The van der Waals surface area contributed by atoms with E-state index >= 15 is 0 Å². The van der Waals surface area contributed by atoms with Crippen LogP contribution in [-0.4, -0.2) is 0 Å². The number of fused-ring (bicyclic) bond motifs is 2. The summed E-state index contributed by atoms with van der Waals surface area (Å²) in [6.07, 6.45) is 6.29. The molecule has 0 spiro atoms. The van der Waals surface area contributed by atoms with E-state index in [0.29, 0.717) is 5.92 Å². The molecule has 0 unspecified atom stereocenters. The predicted octanol–water partition coefficient (Wildman–Crippen LogP) is 5.92. The van der Waals surface area contributed by atoms with Crippen LogP contribution in [0.2, 0.25) is 0 Å². The minimum absolute atomic E-state index is 0.184. The third-order valence-corrected chi connectivity index (χ3v) is 6.36. The Bertz CT molecular complexity index is 876. The van der Waals surface area contributed by atoms with E-state index in [1.54, 1.807) is 12.1 Å². The summed E-state index contributed by atoms with van der Waals surface area (Å²) >= 11 is 1.49. The van der Waals surface area contributed by atoms with Crippen molar-refractivity contribution in [2.24, 2.45) is 0 Å². The molecule has 2 nitrogen and oxygen atoms in total. The van der Waals surface area contributed by atoms with Gasteiger partial charge in [-0.2, -0.15) is 5.26 Å². The second kappa shape index (κ2) is 6.96. The molecule has 0 atom stereocenters. The molecule has 0 saturated heterocycles. The standard InChI is InChI=1S/C22H23FN2S/c1-13(2)14-9-15(23)11-16(10-14)26-25-22-19-7-3-5-17(19)21(12-24)18-6-4-8-20(18)22/h9-11,13,25H,3-8H2,1-2H3. The molecule has 1 N–H and O–H groups in total. The summed E-state index contributed by atoms with van der Waals surface area (Å²) in [5, 5.41) is 9.66. The van der Waals surface area contributed by atoms with E-state index in [0.717, 1.165) is 54.5 Å². The van der Waals surface area contributed by atoms with Gasteiger partial charge in [0.1, 0.15) is 5.82 Å². The van der Waals surface area contributed by atoms with Crippen LogP contribution >= 0.6 is 11.9 Å². The molecule has 0 fully saturated rings. The van der Waals surface area contributed by atoms with Gasteiger partial charge in [0.15, 0.2) is 0 Å². The van der Waals surface area contributed by atoms with Gasteiger partial charge in [0.2, 0.25) is 0 Å². The second-order valence-electron chi connectivity index (χ2n) is 7.56. The Morgan fingerprint density at radius 2 is 1.62 bits per heavy atom. The first-order valence-corrected chi connectivity index (χ1v) is 10.2. The van der Waals surface area contributed by atoms with Crippen molar-refractivity contribution in [2.75, 3.05) is 4.72 Å². The topological polar surface area (TPSA) is 35.8 Å². The van der Waals surface area contributed by atoms with Crippen molar-refractivity contribution in [1.29, 1.82) is 5.26 Å². The third-order valence-electron chi connectivity index (χ3n) is 5.59. The van der Waals surface area contributed by atoms with Gasteiger partial charge in [-0.25, -0.2) is 4.39 Å². The van der Waals surface area contributed by atoms with Crippen molar-refractivity contribution in [3.63, 3.8) is 0 Å². The fourth-order valence-corrected chi connectivity index (χ4v) is 5.13. The fourth-order valence-electron chi connectivity index (χ4n) is 4.30. The smallest absolute Gasteiger partial charge is 0.124 e. The minimum atomic E-state index is -0.184. The van der Waals surface area contributed by atoms with Gasteiger partial charge in [-0.05, 0) is 102 Å². The molecule has 0 amide bonds. The Labute approximate surface area is 158 Å². The first-order valence-electron chi connectivity index (χ1n) is 9.41. The Morgan fingerprint density at radius 3 is 2.19 bits per heavy atom. The van der Waals surface area contributed by atoms with Gasteiger partial charge in [-0.1, -0.05) is 13.8 Å². The molecule has 0 heterocycles. The monoisotopic (exact) mass is 366 g/mol. The Balaban J connectivity index is 1.69. The summed E-state index contributed by atoms with van der Waals surface area (Å²) in [5.41, 5.74) is 8.28. The van der Waals surface area contributed by atoms with Crippen molar-refractivity contribution >= 4 is 17.6 Å². The maximum absolute atomic E-state index is 14.0. The highest BCUT2D eigenvalue weighted by molar-refractivity contribution is 8.00. The van der Waals surface area contributed by atoms with Crippen LogP contribution in [0.4, 0.5) is 10.1 Å². The summed E-state index contributed by atoms with van der Waals surface area (Å²) < 4.78 is 17.5. The molecule has 26 heavy (non-hydrogen) atoms. The van der Waals surface area contributed by atoms with Crippen LogP contribution in [0, 0.1) is 17.1 Å². The predicted molar refractivity (Wildman–Crippen MR) is 105 cm³/mol. The molecule has 0 saturated carbocycles. The summed E-state index contributed by atoms with van der Waals surface area (Å²) in [6, 6.07) is 7.74. The summed E-state index contributed by atoms with van der Waals surface area (Å²) in [7, 11) is 0. The van der Waals surface area contributed by atoms with Gasteiger partial charge in [0, 0.05) is 4.90 Å². The summed E-state index contributed by atoms with van der Waals surface area (Å²) in [4.78, 5) is 0.900. The van der Waals surface area contributed by atoms with E-state index in [-0.39, 0.29) is 5.82 Å². The highest BCUT2D eigenvalue weighted by Gasteiger charge is 2.28. The van der Waals surface area contributed by atoms with Crippen molar-refractivity contribution in [3.05, 3.63) is 57.4 Å².